The zero-order valence-electron chi connectivity index (χ0n) is 8.45. The highest BCUT2D eigenvalue weighted by atomic mass is 32.2. The van der Waals surface area contributed by atoms with Crippen molar-refractivity contribution in [2.45, 2.75) is 20.4 Å². The Bertz CT molecular complexity index is 472. The maximum absolute atomic E-state index is 5.51. The Balaban J connectivity index is 2.13. The van der Waals surface area contributed by atoms with Gasteiger partial charge in [0.25, 0.3) is 0 Å². The van der Waals surface area contributed by atoms with Crippen molar-refractivity contribution in [1.29, 1.82) is 0 Å². The van der Waals surface area contributed by atoms with Gasteiger partial charge in [0.05, 0.1) is 5.69 Å². The molecule has 2 heterocycles. The zero-order valence-corrected chi connectivity index (χ0v) is 10.9. The summed E-state index contributed by atoms with van der Waals surface area (Å²) in [7, 11) is 0. The van der Waals surface area contributed by atoms with Gasteiger partial charge in [-0.2, -0.15) is 0 Å². The summed E-state index contributed by atoms with van der Waals surface area (Å²) in [6.07, 6.45) is 3.68. The van der Waals surface area contributed by atoms with Crippen molar-refractivity contribution in [3.8, 4) is 0 Å². The van der Waals surface area contributed by atoms with Gasteiger partial charge >= 0.3 is 0 Å². The van der Waals surface area contributed by atoms with Crippen molar-refractivity contribution < 1.29 is 0 Å². The number of nitrogens with zero attached hydrogens (tertiary/aromatic N) is 4. The molecule has 0 saturated heterocycles. The molecule has 2 N–H and O–H groups in total. The van der Waals surface area contributed by atoms with Gasteiger partial charge in [-0.25, -0.2) is 9.97 Å². The Morgan fingerprint density at radius 1 is 1.38 bits per heavy atom. The molecular formula is C8H9N5S3. The molecule has 5 nitrogen and oxygen atoms in total. The van der Waals surface area contributed by atoms with E-state index in [1.54, 1.807) is 24.0 Å². The van der Waals surface area contributed by atoms with E-state index in [0.717, 1.165) is 14.4 Å². The fraction of sp³-hybridized carbons (Fsp3) is 0.250. The topological polar surface area (TPSA) is 77.6 Å². The van der Waals surface area contributed by atoms with Crippen LogP contribution in [-0.2, 0) is 6.54 Å². The fourth-order valence-corrected chi connectivity index (χ4v) is 3.24. The zero-order chi connectivity index (χ0) is 11.4. The molecular weight excluding hydrogens is 262 g/mol. The van der Waals surface area contributed by atoms with E-state index in [1.165, 1.54) is 23.1 Å². The maximum Gasteiger partial charge on any atom is 0.195 e. The summed E-state index contributed by atoms with van der Waals surface area (Å²) in [5, 5.41) is 8.70. The Kier molecular flexibility index (Phi) is 4.10. The second-order valence-electron chi connectivity index (χ2n) is 2.67. The Hall–Kier alpha value is -0.700. The minimum absolute atomic E-state index is 0.419. The average molecular weight is 271 g/mol. The maximum atomic E-state index is 5.51. The van der Waals surface area contributed by atoms with Crippen molar-refractivity contribution in [2.75, 3.05) is 6.26 Å². The molecule has 2 aromatic rings. The van der Waals surface area contributed by atoms with Crippen LogP contribution in [0.5, 0.6) is 0 Å². The first-order chi connectivity index (χ1) is 7.81. The number of hydrogen-bond acceptors (Lipinski definition) is 8. The van der Waals surface area contributed by atoms with Gasteiger partial charge in [0, 0.05) is 12.7 Å². The Morgan fingerprint density at radius 3 is 2.88 bits per heavy atom. The molecule has 2 aromatic heterocycles. The highest BCUT2D eigenvalue weighted by Crippen LogP contribution is 2.30. The number of hydrogen-bond donors (Lipinski definition) is 1. The van der Waals surface area contributed by atoms with Crippen molar-refractivity contribution in [3.05, 3.63) is 18.0 Å². The summed E-state index contributed by atoms with van der Waals surface area (Å²) in [4.78, 5) is 8.43. The second-order valence-corrected chi connectivity index (χ2v) is 5.92. The van der Waals surface area contributed by atoms with Gasteiger partial charge in [-0.05, 0) is 24.1 Å². The number of aromatic nitrogens is 4. The molecule has 0 aliphatic carbocycles. The molecule has 0 aliphatic rings. The molecule has 0 unspecified atom stereocenters. The predicted octanol–water partition coefficient (Wildman–Crippen LogP) is 1.66. The third kappa shape index (κ3) is 2.91. The lowest BCUT2D eigenvalue weighted by Gasteiger charge is -1.97. The van der Waals surface area contributed by atoms with Crippen molar-refractivity contribution in [2.24, 2.45) is 5.73 Å². The highest BCUT2D eigenvalue weighted by molar-refractivity contribution is 8.02. The van der Waals surface area contributed by atoms with E-state index in [1.807, 2.05) is 6.26 Å². The van der Waals surface area contributed by atoms with E-state index in [-0.39, 0.29) is 0 Å². The SMILES string of the molecule is CSc1nnc(Sc2nccc(CN)n2)s1. The molecule has 0 spiro atoms. The highest BCUT2D eigenvalue weighted by Gasteiger charge is 2.07. The first-order valence-corrected chi connectivity index (χ1v) is 7.25. The monoisotopic (exact) mass is 271 g/mol. The second kappa shape index (κ2) is 5.58. The molecule has 0 aromatic carbocycles. The Labute approximate surface area is 105 Å². The van der Waals surface area contributed by atoms with Crippen LogP contribution in [0.3, 0.4) is 0 Å². The van der Waals surface area contributed by atoms with E-state index in [4.69, 9.17) is 5.73 Å². The van der Waals surface area contributed by atoms with Gasteiger partial charge in [0.2, 0.25) is 0 Å². The molecule has 0 aliphatic heterocycles. The van der Waals surface area contributed by atoms with E-state index in [0.29, 0.717) is 11.7 Å². The van der Waals surface area contributed by atoms with Crippen LogP contribution < -0.4 is 5.73 Å². The summed E-state index contributed by atoms with van der Waals surface area (Å²) >= 11 is 4.52. The van der Waals surface area contributed by atoms with Gasteiger partial charge in [-0.1, -0.05) is 23.1 Å². The van der Waals surface area contributed by atoms with Crippen molar-refractivity contribution >= 4 is 34.9 Å². The van der Waals surface area contributed by atoms with Crippen LogP contribution in [0.4, 0.5) is 0 Å². The normalized spacial score (nSPS) is 10.6. The van der Waals surface area contributed by atoms with Crippen LogP contribution in [0.15, 0.2) is 26.1 Å². The van der Waals surface area contributed by atoms with Crippen LogP contribution >= 0.6 is 34.9 Å². The third-order valence-electron chi connectivity index (χ3n) is 1.64. The van der Waals surface area contributed by atoms with Crippen LogP contribution in [-0.4, -0.2) is 26.4 Å². The minimum Gasteiger partial charge on any atom is -0.325 e. The lowest BCUT2D eigenvalue weighted by molar-refractivity contribution is 0.871. The summed E-state index contributed by atoms with van der Waals surface area (Å²) in [5.74, 6) is 0. The van der Waals surface area contributed by atoms with Gasteiger partial charge in [0.1, 0.15) is 0 Å². The van der Waals surface area contributed by atoms with Gasteiger partial charge in [0.15, 0.2) is 13.8 Å². The summed E-state index contributed by atoms with van der Waals surface area (Å²) in [5.41, 5.74) is 6.34. The van der Waals surface area contributed by atoms with E-state index in [9.17, 15) is 0 Å². The molecule has 8 heteroatoms. The summed E-state index contributed by atoms with van der Waals surface area (Å²) < 4.78 is 1.79. The third-order valence-corrected chi connectivity index (χ3v) is 4.47. The van der Waals surface area contributed by atoms with Gasteiger partial charge in [-0.15, -0.1) is 10.2 Å². The molecule has 2 rings (SSSR count). The number of nitrogens with two attached hydrogens (primary N) is 1. The molecule has 0 fully saturated rings. The quantitative estimate of drug-likeness (QED) is 0.669. The first-order valence-electron chi connectivity index (χ1n) is 4.39. The van der Waals surface area contributed by atoms with Crippen LogP contribution in [0.1, 0.15) is 5.69 Å². The number of thioether (sulfide) groups is 1. The number of rotatable bonds is 4. The van der Waals surface area contributed by atoms with Crippen molar-refractivity contribution in [1.82, 2.24) is 20.2 Å². The van der Waals surface area contributed by atoms with Crippen LogP contribution in [0, 0.1) is 0 Å². The van der Waals surface area contributed by atoms with Crippen molar-refractivity contribution in [3.63, 3.8) is 0 Å². The van der Waals surface area contributed by atoms with E-state index >= 15 is 0 Å². The fourth-order valence-electron chi connectivity index (χ4n) is 0.938. The largest absolute Gasteiger partial charge is 0.325 e. The lowest BCUT2D eigenvalue weighted by Crippen LogP contribution is -2.00. The Morgan fingerprint density at radius 2 is 2.19 bits per heavy atom. The standard InChI is InChI=1S/C8H9N5S3/c1-14-7-12-13-8(16-7)15-6-10-3-2-5(4-9)11-6/h2-3H,4,9H2,1H3. The van der Waals surface area contributed by atoms with Crippen LogP contribution in [0.25, 0.3) is 0 Å². The summed E-state index contributed by atoms with van der Waals surface area (Å²) in [6.45, 7) is 0.419. The van der Waals surface area contributed by atoms with Gasteiger partial charge < -0.3 is 5.73 Å². The first kappa shape index (κ1) is 11.8. The molecule has 0 atom stereocenters. The molecule has 0 radical (unpaired) electrons. The van der Waals surface area contributed by atoms with Gasteiger partial charge in [-0.3, -0.25) is 0 Å². The smallest absolute Gasteiger partial charge is 0.195 e. The van der Waals surface area contributed by atoms with E-state index in [2.05, 4.69) is 20.2 Å². The molecule has 0 saturated carbocycles. The summed E-state index contributed by atoms with van der Waals surface area (Å²) in [6, 6.07) is 1.80. The minimum atomic E-state index is 0.419. The van der Waals surface area contributed by atoms with Crippen LogP contribution in [0.2, 0.25) is 0 Å². The molecule has 84 valence electrons. The lowest BCUT2D eigenvalue weighted by atomic mass is 10.4. The molecule has 16 heavy (non-hydrogen) atoms. The average Bonchev–Trinajstić information content (AvgIpc) is 2.77. The molecule has 0 amide bonds. The predicted molar refractivity (Wildman–Crippen MR) is 65.7 cm³/mol. The molecule has 0 bridgehead atoms. The van der Waals surface area contributed by atoms with E-state index < -0.39 is 0 Å².